The minimum absolute atomic E-state index is 0.147. The molecule has 1 fully saturated rings. The van der Waals surface area contributed by atoms with Crippen LogP contribution in [0.1, 0.15) is 35.2 Å². The van der Waals surface area contributed by atoms with Crippen LogP contribution >= 0.6 is 23.1 Å². The number of ether oxygens (including phenoxy) is 2. The van der Waals surface area contributed by atoms with E-state index in [9.17, 15) is 18.0 Å². The number of methoxy groups -OCH3 is 2. The van der Waals surface area contributed by atoms with Crippen molar-refractivity contribution in [3.05, 3.63) is 53.6 Å². The number of nitrogens with zero attached hydrogens (tertiary/aromatic N) is 3. The van der Waals surface area contributed by atoms with Crippen molar-refractivity contribution >= 4 is 50.1 Å². The van der Waals surface area contributed by atoms with Gasteiger partial charge in [-0.05, 0) is 61.2 Å². The molecule has 0 radical (unpaired) electrons. The van der Waals surface area contributed by atoms with Crippen LogP contribution in [0, 0.1) is 0 Å². The fraction of sp³-hybridized carbons (Fsp3) is 0.385. The van der Waals surface area contributed by atoms with E-state index in [1.807, 2.05) is 18.2 Å². The Morgan fingerprint density at radius 2 is 1.73 bits per heavy atom. The summed E-state index contributed by atoms with van der Waals surface area (Å²) in [5, 5.41) is 13.8. The number of hydrogen-bond acceptors (Lipinski definition) is 10. The van der Waals surface area contributed by atoms with E-state index in [0.29, 0.717) is 47.5 Å². The molecule has 0 saturated carbocycles. The summed E-state index contributed by atoms with van der Waals surface area (Å²) in [6.07, 6.45) is 3.38. The Morgan fingerprint density at radius 3 is 2.42 bits per heavy atom. The van der Waals surface area contributed by atoms with Gasteiger partial charge in [0, 0.05) is 25.2 Å². The van der Waals surface area contributed by atoms with Gasteiger partial charge in [-0.25, -0.2) is 8.42 Å². The van der Waals surface area contributed by atoms with Crippen molar-refractivity contribution in [3.63, 3.8) is 0 Å². The van der Waals surface area contributed by atoms with E-state index in [0.717, 1.165) is 36.2 Å². The molecule has 3 aromatic rings. The number of anilines is 1. The molecule has 1 saturated heterocycles. The van der Waals surface area contributed by atoms with Crippen LogP contribution in [-0.4, -0.2) is 74.3 Å². The monoisotopic (exact) mass is 605 g/mol. The van der Waals surface area contributed by atoms with Gasteiger partial charge in [0.2, 0.25) is 21.1 Å². The third-order valence-corrected chi connectivity index (χ3v) is 10.1. The fourth-order valence-electron chi connectivity index (χ4n) is 4.08. The standard InChI is InChI=1S/C26H31N5O6S3/c1-36-21-11-6-18(16-22(21)37-2)12-13-27-23(32)17-38-26-30-29-25(39-26)28-24(33)19-7-9-20(10-8-19)40(34,35)31-14-4-3-5-15-31/h6-11,16H,3-5,12-15,17H2,1-2H3,(H,27,32)(H,28,29,33). The molecule has 1 aromatic heterocycles. The number of rotatable bonds is 12. The van der Waals surface area contributed by atoms with Crippen molar-refractivity contribution in [3.8, 4) is 11.5 Å². The molecule has 2 heterocycles. The number of hydrogen-bond donors (Lipinski definition) is 2. The smallest absolute Gasteiger partial charge is 0.257 e. The molecule has 1 aliphatic rings. The van der Waals surface area contributed by atoms with Crippen molar-refractivity contribution in [1.82, 2.24) is 19.8 Å². The first-order chi connectivity index (χ1) is 19.3. The van der Waals surface area contributed by atoms with Gasteiger partial charge in [0.25, 0.3) is 5.91 Å². The van der Waals surface area contributed by atoms with Gasteiger partial charge >= 0.3 is 0 Å². The molecule has 0 bridgehead atoms. The minimum Gasteiger partial charge on any atom is -0.493 e. The maximum atomic E-state index is 12.8. The van der Waals surface area contributed by atoms with Crippen LogP contribution in [-0.2, 0) is 21.2 Å². The molecular formula is C26H31N5O6S3. The molecule has 0 unspecified atom stereocenters. The lowest BCUT2D eigenvalue weighted by Crippen LogP contribution is -2.35. The van der Waals surface area contributed by atoms with E-state index >= 15 is 0 Å². The first-order valence-corrected chi connectivity index (χ1v) is 15.9. The lowest BCUT2D eigenvalue weighted by Gasteiger charge is -2.25. The number of thioether (sulfide) groups is 1. The second kappa shape index (κ2) is 13.9. The van der Waals surface area contributed by atoms with Gasteiger partial charge in [-0.15, -0.1) is 10.2 Å². The zero-order valence-corrected chi connectivity index (χ0v) is 24.7. The first kappa shape index (κ1) is 29.8. The number of nitrogens with one attached hydrogen (secondary N) is 2. The number of carbonyl (C=O) groups is 2. The molecule has 11 nitrogen and oxygen atoms in total. The lowest BCUT2D eigenvalue weighted by molar-refractivity contribution is -0.118. The van der Waals surface area contributed by atoms with Crippen LogP contribution in [0.5, 0.6) is 11.5 Å². The van der Waals surface area contributed by atoms with E-state index in [1.54, 1.807) is 14.2 Å². The molecule has 4 rings (SSSR count). The summed E-state index contributed by atoms with van der Waals surface area (Å²) in [5.74, 6) is 0.865. The van der Waals surface area contributed by atoms with Crippen LogP contribution in [0.4, 0.5) is 5.13 Å². The summed E-state index contributed by atoms with van der Waals surface area (Å²) in [5.41, 5.74) is 1.31. The number of amides is 2. The maximum Gasteiger partial charge on any atom is 0.257 e. The highest BCUT2D eigenvalue weighted by Crippen LogP contribution is 2.28. The molecule has 2 aromatic carbocycles. The second-order valence-electron chi connectivity index (χ2n) is 8.89. The zero-order valence-electron chi connectivity index (χ0n) is 22.2. The average Bonchev–Trinajstić information content (AvgIpc) is 3.43. The predicted molar refractivity (Wildman–Crippen MR) is 154 cm³/mol. The van der Waals surface area contributed by atoms with Crippen molar-refractivity contribution < 1.29 is 27.5 Å². The van der Waals surface area contributed by atoms with E-state index < -0.39 is 15.9 Å². The SMILES string of the molecule is COc1ccc(CCNC(=O)CSc2nnc(NC(=O)c3ccc(S(=O)(=O)N4CCCCC4)cc3)s2)cc1OC. The van der Waals surface area contributed by atoms with E-state index in [4.69, 9.17) is 9.47 Å². The quantitative estimate of drug-likeness (QED) is 0.235. The highest BCUT2D eigenvalue weighted by molar-refractivity contribution is 8.01. The van der Waals surface area contributed by atoms with Crippen LogP contribution < -0.4 is 20.1 Å². The van der Waals surface area contributed by atoms with Gasteiger partial charge in [0.15, 0.2) is 15.8 Å². The molecular weight excluding hydrogens is 575 g/mol. The number of aromatic nitrogens is 2. The van der Waals surface area contributed by atoms with Gasteiger partial charge in [0.1, 0.15) is 0 Å². The minimum atomic E-state index is -3.56. The molecule has 0 atom stereocenters. The van der Waals surface area contributed by atoms with E-state index in [2.05, 4.69) is 20.8 Å². The van der Waals surface area contributed by atoms with Crippen molar-refractivity contribution in [2.45, 2.75) is 34.9 Å². The van der Waals surface area contributed by atoms with Crippen LogP contribution in [0.25, 0.3) is 0 Å². The molecule has 2 amide bonds. The highest BCUT2D eigenvalue weighted by Gasteiger charge is 2.26. The Morgan fingerprint density at radius 1 is 1.00 bits per heavy atom. The zero-order chi connectivity index (χ0) is 28.5. The second-order valence-corrected chi connectivity index (χ2v) is 13.0. The normalized spacial score (nSPS) is 13.9. The summed E-state index contributed by atoms with van der Waals surface area (Å²) in [4.78, 5) is 25.1. The molecule has 2 N–H and O–H groups in total. The third kappa shape index (κ3) is 7.71. The van der Waals surface area contributed by atoms with Crippen LogP contribution in [0.15, 0.2) is 51.7 Å². The van der Waals surface area contributed by atoms with Gasteiger partial charge in [-0.3, -0.25) is 14.9 Å². The summed E-state index contributed by atoms with van der Waals surface area (Å²) in [7, 11) is -0.407. The van der Waals surface area contributed by atoms with Crippen LogP contribution in [0.2, 0.25) is 0 Å². The van der Waals surface area contributed by atoms with Crippen molar-refractivity contribution in [2.75, 3.05) is 44.9 Å². The summed E-state index contributed by atoms with van der Waals surface area (Å²) < 4.78 is 38.2. The van der Waals surface area contributed by atoms with E-state index in [1.165, 1.54) is 40.3 Å². The highest BCUT2D eigenvalue weighted by atomic mass is 32.2. The Bertz CT molecular complexity index is 1420. The molecule has 0 aliphatic carbocycles. The predicted octanol–water partition coefficient (Wildman–Crippen LogP) is 3.43. The lowest BCUT2D eigenvalue weighted by atomic mass is 10.1. The van der Waals surface area contributed by atoms with Crippen molar-refractivity contribution in [1.29, 1.82) is 0 Å². The molecule has 14 heteroatoms. The largest absolute Gasteiger partial charge is 0.493 e. The van der Waals surface area contributed by atoms with Gasteiger partial charge in [0.05, 0.1) is 24.9 Å². The Kier molecular flexibility index (Phi) is 10.4. The Labute approximate surface area is 241 Å². The fourth-order valence-corrected chi connectivity index (χ4v) is 7.18. The van der Waals surface area contributed by atoms with Gasteiger partial charge in [-0.2, -0.15) is 4.31 Å². The molecule has 40 heavy (non-hydrogen) atoms. The van der Waals surface area contributed by atoms with E-state index in [-0.39, 0.29) is 21.7 Å². The number of sulfonamides is 1. The summed E-state index contributed by atoms with van der Waals surface area (Å²) in [6, 6.07) is 11.5. The van der Waals surface area contributed by atoms with Crippen LogP contribution in [0.3, 0.4) is 0 Å². The Balaban J connectivity index is 1.22. The number of benzene rings is 2. The third-order valence-electron chi connectivity index (χ3n) is 6.21. The van der Waals surface area contributed by atoms with Gasteiger partial charge < -0.3 is 14.8 Å². The molecule has 214 valence electrons. The van der Waals surface area contributed by atoms with Gasteiger partial charge in [-0.1, -0.05) is 35.6 Å². The topological polar surface area (TPSA) is 140 Å². The molecule has 1 aliphatic heterocycles. The average molecular weight is 606 g/mol. The Hall–Kier alpha value is -3.20. The summed E-state index contributed by atoms with van der Waals surface area (Å²) in [6.45, 7) is 1.50. The summed E-state index contributed by atoms with van der Waals surface area (Å²) >= 11 is 2.37. The maximum absolute atomic E-state index is 12.8. The molecule has 0 spiro atoms. The number of piperidine rings is 1. The number of carbonyl (C=O) groups excluding carboxylic acids is 2. The first-order valence-electron chi connectivity index (χ1n) is 12.7. The van der Waals surface area contributed by atoms with Crippen molar-refractivity contribution in [2.24, 2.45) is 0 Å².